The van der Waals surface area contributed by atoms with Gasteiger partial charge < -0.3 is 14.7 Å². The molecule has 0 aromatic heterocycles. The van der Waals surface area contributed by atoms with Crippen LogP contribution in [0.4, 0.5) is 5.69 Å². The first-order chi connectivity index (χ1) is 8.16. The summed E-state index contributed by atoms with van der Waals surface area (Å²) in [6.45, 7) is 0. The van der Waals surface area contributed by atoms with Crippen molar-refractivity contribution in [2.45, 2.75) is 38.2 Å². The summed E-state index contributed by atoms with van der Waals surface area (Å²) in [5.74, 6) is 1.16. The monoisotopic (exact) mass is 235 g/mol. The molecule has 1 fully saturated rings. The molecular weight excluding hydrogens is 214 g/mol. The smallest absolute Gasteiger partial charge is 0.139 e. The highest BCUT2D eigenvalue weighted by Crippen LogP contribution is 2.31. The van der Waals surface area contributed by atoms with E-state index < -0.39 is 0 Å². The molecule has 0 radical (unpaired) electrons. The van der Waals surface area contributed by atoms with E-state index in [1.807, 2.05) is 31.1 Å². The highest BCUT2D eigenvalue weighted by molar-refractivity contribution is 5.59. The molecular formula is C14H21NO2. The van der Waals surface area contributed by atoms with Crippen LogP contribution < -0.4 is 9.64 Å². The lowest BCUT2D eigenvalue weighted by atomic mass is 9.98. The molecule has 0 atom stereocenters. The van der Waals surface area contributed by atoms with Gasteiger partial charge in [0, 0.05) is 20.2 Å². The fraction of sp³-hybridized carbons (Fsp3) is 0.571. The van der Waals surface area contributed by atoms with Crippen LogP contribution in [0.2, 0.25) is 0 Å². The molecule has 17 heavy (non-hydrogen) atoms. The normalized spacial score (nSPS) is 16.8. The van der Waals surface area contributed by atoms with Crippen molar-refractivity contribution in [3.8, 4) is 11.5 Å². The third-order valence-electron chi connectivity index (χ3n) is 3.28. The van der Waals surface area contributed by atoms with Gasteiger partial charge in [0.2, 0.25) is 0 Å². The Labute approximate surface area is 103 Å². The molecule has 3 heteroatoms. The van der Waals surface area contributed by atoms with E-state index in [-0.39, 0.29) is 0 Å². The SMILES string of the molecule is CN(C)c1cc(OC2CCCCC2)ccc1O. The van der Waals surface area contributed by atoms with Gasteiger partial charge in [-0.15, -0.1) is 0 Å². The number of anilines is 1. The summed E-state index contributed by atoms with van der Waals surface area (Å²) in [7, 11) is 3.83. The van der Waals surface area contributed by atoms with E-state index in [0.29, 0.717) is 11.9 Å². The van der Waals surface area contributed by atoms with Crippen LogP contribution >= 0.6 is 0 Å². The Hall–Kier alpha value is -1.38. The zero-order valence-corrected chi connectivity index (χ0v) is 10.6. The van der Waals surface area contributed by atoms with Gasteiger partial charge in [-0.3, -0.25) is 0 Å². The van der Waals surface area contributed by atoms with Crippen LogP contribution in [0.25, 0.3) is 0 Å². The highest BCUT2D eigenvalue weighted by Gasteiger charge is 2.15. The highest BCUT2D eigenvalue weighted by atomic mass is 16.5. The Morgan fingerprint density at radius 1 is 1.18 bits per heavy atom. The quantitative estimate of drug-likeness (QED) is 0.873. The molecule has 1 aromatic rings. The molecule has 3 nitrogen and oxygen atoms in total. The number of phenols is 1. The van der Waals surface area contributed by atoms with Gasteiger partial charge in [-0.05, 0) is 37.8 Å². The molecule has 1 aromatic carbocycles. The van der Waals surface area contributed by atoms with Crippen LogP contribution in [0.5, 0.6) is 11.5 Å². The average Bonchev–Trinajstić information content (AvgIpc) is 2.32. The van der Waals surface area contributed by atoms with Crippen LogP contribution in [0, 0.1) is 0 Å². The van der Waals surface area contributed by atoms with Crippen LogP contribution in [0.1, 0.15) is 32.1 Å². The first-order valence-electron chi connectivity index (χ1n) is 6.34. The second-order valence-electron chi connectivity index (χ2n) is 4.92. The largest absolute Gasteiger partial charge is 0.506 e. The molecule has 0 heterocycles. The van der Waals surface area contributed by atoms with Crippen molar-refractivity contribution in [3.05, 3.63) is 18.2 Å². The maximum atomic E-state index is 9.71. The fourth-order valence-electron chi connectivity index (χ4n) is 2.31. The minimum Gasteiger partial charge on any atom is -0.506 e. The topological polar surface area (TPSA) is 32.7 Å². The standard InChI is InChI=1S/C14H21NO2/c1-15(2)13-10-12(8-9-14(13)16)17-11-6-4-3-5-7-11/h8-11,16H,3-7H2,1-2H3. The third-order valence-corrected chi connectivity index (χ3v) is 3.28. The minimum atomic E-state index is 0.297. The van der Waals surface area contributed by atoms with E-state index in [2.05, 4.69) is 0 Å². The summed E-state index contributed by atoms with van der Waals surface area (Å²) in [6, 6.07) is 5.45. The Morgan fingerprint density at radius 2 is 1.88 bits per heavy atom. The van der Waals surface area contributed by atoms with Crippen LogP contribution in [-0.4, -0.2) is 25.3 Å². The molecule has 1 aliphatic rings. The van der Waals surface area contributed by atoms with Gasteiger partial charge in [-0.1, -0.05) is 6.42 Å². The van der Waals surface area contributed by atoms with Crippen molar-refractivity contribution in [1.29, 1.82) is 0 Å². The molecule has 94 valence electrons. The minimum absolute atomic E-state index is 0.297. The summed E-state index contributed by atoms with van der Waals surface area (Å²) < 4.78 is 5.96. The van der Waals surface area contributed by atoms with Gasteiger partial charge >= 0.3 is 0 Å². The summed E-state index contributed by atoms with van der Waals surface area (Å²) in [5.41, 5.74) is 0.804. The van der Waals surface area contributed by atoms with E-state index in [9.17, 15) is 5.11 Å². The Bertz CT molecular complexity index is 370. The number of hydrogen-bond donors (Lipinski definition) is 1. The second kappa shape index (κ2) is 5.30. The van der Waals surface area contributed by atoms with Crippen LogP contribution in [0.15, 0.2) is 18.2 Å². The lowest BCUT2D eigenvalue weighted by Crippen LogP contribution is -2.19. The zero-order chi connectivity index (χ0) is 12.3. The van der Waals surface area contributed by atoms with Gasteiger partial charge in [-0.2, -0.15) is 0 Å². The second-order valence-corrected chi connectivity index (χ2v) is 4.92. The van der Waals surface area contributed by atoms with Crippen molar-refractivity contribution >= 4 is 5.69 Å². The van der Waals surface area contributed by atoms with Crippen LogP contribution in [0.3, 0.4) is 0 Å². The maximum absolute atomic E-state index is 9.71. The van der Waals surface area contributed by atoms with E-state index >= 15 is 0 Å². The number of aromatic hydroxyl groups is 1. The van der Waals surface area contributed by atoms with Crippen LogP contribution in [-0.2, 0) is 0 Å². The number of phenolic OH excluding ortho intramolecular Hbond substituents is 1. The number of nitrogens with zero attached hydrogens (tertiary/aromatic N) is 1. The van der Waals surface area contributed by atoms with Crippen molar-refractivity contribution in [2.24, 2.45) is 0 Å². The van der Waals surface area contributed by atoms with E-state index in [1.54, 1.807) is 6.07 Å². The zero-order valence-electron chi connectivity index (χ0n) is 10.6. The molecule has 1 aliphatic carbocycles. The van der Waals surface area contributed by atoms with E-state index in [4.69, 9.17) is 4.74 Å². The molecule has 0 amide bonds. The van der Waals surface area contributed by atoms with Crippen molar-refractivity contribution in [2.75, 3.05) is 19.0 Å². The van der Waals surface area contributed by atoms with Gasteiger partial charge in [0.05, 0.1) is 11.8 Å². The summed E-state index contributed by atoms with van der Waals surface area (Å²) >= 11 is 0. The van der Waals surface area contributed by atoms with Crippen molar-refractivity contribution in [1.82, 2.24) is 0 Å². The average molecular weight is 235 g/mol. The predicted molar refractivity (Wildman–Crippen MR) is 69.9 cm³/mol. The summed E-state index contributed by atoms with van der Waals surface area (Å²) in [4.78, 5) is 1.89. The lowest BCUT2D eigenvalue weighted by Gasteiger charge is -2.24. The summed E-state index contributed by atoms with van der Waals surface area (Å²) in [6.07, 6.45) is 6.52. The molecule has 0 unspecified atom stereocenters. The predicted octanol–water partition coefficient (Wildman–Crippen LogP) is 3.17. The van der Waals surface area contributed by atoms with Crippen molar-refractivity contribution in [3.63, 3.8) is 0 Å². The molecule has 0 aliphatic heterocycles. The molecule has 1 saturated carbocycles. The van der Waals surface area contributed by atoms with Gasteiger partial charge in [0.1, 0.15) is 11.5 Å². The third kappa shape index (κ3) is 3.05. The van der Waals surface area contributed by atoms with Gasteiger partial charge in [0.15, 0.2) is 0 Å². The Morgan fingerprint density at radius 3 is 2.53 bits per heavy atom. The lowest BCUT2D eigenvalue weighted by molar-refractivity contribution is 0.155. The maximum Gasteiger partial charge on any atom is 0.139 e. The molecule has 0 saturated heterocycles. The molecule has 0 bridgehead atoms. The van der Waals surface area contributed by atoms with Gasteiger partial charge in [-0.25, -0.2) is 0 Å². The first-order valence-corrected chi connectivity index (χ1v) is 6.34. The fourth-order valence-corrected chi connectivity index (χ4v) is 2.31. The Balaban J connectivity index is 2.07. The van der Waals surface area contributed by atoms with E-state index in [1.165, 1.54) is 19.3 Å². The van der Waals surface area contributed by atoms with Gasteiger partial charge in [0.25, 0.3) is 0 Å². The number of rotatable bonds is 3. The van der Waals surface area contributed by atoms with Crippen molar-refractivity contribution < 1.29 is 9.84 Å². The van der Waals surface area contributed by atoms with E-state index in [0.717, 1.165) is 24.3 Å². The number of benzene rings is 1. The molecule has 0 spiro atoms. The number of ether oxygens (including phenoxy) is 1. The Kier molecular flexibility index (Phi) is 3.77. The first kappa shape index (κ1) is 12.1. The number of hydrogen-bond acceptors (Lipinski definition) is 3. The molecule has 2 rings (SSSR count). The summed E-state index contributed by atoms with van der Waals surface area (Å²) in [5, 5.41) is 9.71. The molecule has 1 N–H and O–H groups in total.